The summed E-state index contributed by atoms with van der Waals surface area (Å²) in [5, 5.41) is 13.1. The molecule has 0 spiro atoms. The third kappa shape index (κ3) is 3.39. The summed E-state index contributed by atoms with van der Waals surface area (Å²) in [5.41, 5.74) is 3.47. The maximum Gasteiger partial charge on any atom is 0.240 e. The topological polar surface area (TPSA) is 116 Å². The Morgan fingerprint density at radius 2 is 1.93 bits per heavy atom. The minimum Gasteiger partial charge on any atom is -0.361 e. The number of primary sulfonamides is 1. The maximum absolute atomic E-state index is 12.5. The SMILES string of the molecule is Cc1noc(C)c1-c1cc(S(N)(=O)=O)c2nc(NCC3CC3)n(C3CCCC3)c2c1. The van der Waals surface area contributed by atoms with Crippen LogP contribution in [0.4, 0.5) is 5.95 Å². The molecule has 2 aromatic heterocycles. The highest BCUT2D eigenvalue weighted by Gasteiger charge is 2.29. The molecule has 3 aromatic rings. The van der Waals surface area contributed by atoms with E-state index in [1.165, 1.54) is 12.8 Å². The molecule has 0 bridgehead atoms. The summed E-state index contributed by atoms with van der Waals surface area (Å²) in [4.78, 5) is 4.79. The molecule has 0 radical (unpaired) electrons. The van der Waals surface area contributed by atoms with Gasteiger partial charge in [0.15, 0.2) is 0 Å². The van der Waals surface area contributed by atoms with Crippen molar-refractivity contribution in [2.75, 3.05) is 11.9 Å². The molecule has 8 nitrogen and oxygen atoms in total. The number of nitrogens with two attached hydrogens (primary N) is 1. The fourth-order valence-corrected chi connectivity index (χ4v) is 5.34. The van der Waals surface area contributed by atoms with E-state index in [0.717, 1.165) is 54.8 Å². The first-order chi connectivity index (χ1) is 14.3. The molecule has 0 amide bonds. The fourth-order valence-electron chi connectivity index (χ4n) is 4.63. The molecular weight excluding hydrogens is 402 g/mol. The molecule has 3 N–H and O–H groups in total. The monoisotopic (exact) mass is 429 g/mol. The zero-order valence-electron chi connectivity index (χ0n) is 17.3. The highest BCUT2D eigenvalue weighted by atomic mass is 32.2. The Balaban J connectivity index is 1.77. The molecular formula is C21H27N5O3S. The number of aromatic nitrogens is 3. The Labute approximate surface area is 175 Å². The Morgan fingerprint density at radius 1 is 1.20 bits per heavy atom. The van der Waals surface area contributed by atoms with Crippen molar-refractivity contribution in [1.82, 2.24) is 14.7 Å². The average molecular weight is 430 g/mol. The quantitative estimate of drug-likeness (QED) is 0.614. The van der Waals surface area contributed by atoms with Gasteiger partial charge >= 0.3 is 0 Å². The zero-order chi connectivity index (χ0) is 21.0. The molecule has 0 saturated heterocycles. The molecule has 0 aliphatic heterocycles. The van der Waals surface area contributed by atoms with Gasteiger partial charge in [-0.1, -0.05) is 18.0 Å². The first-order valence-electron chi connectivity index (χ1n) is 10.6. The summed E-state index contributed by atoms with van der Waals surface area (Å²) in [7, 11) is -3.97. The third-order valence-electron chi connectivity index (χ3n) is 6.32. The van der Waals surface area contributed by atoms with E-state index in [9.17, 15) is 8.42 Å². The summed E-state index contributed by atoms with van der Waals surface area (Å²) < 4.78 is 32.6. The van der Waals surface area contributed by atoms with E-state index >= 15 is 0 Å². The number of fused-ring (bicyclic) bond motifs is 1. The van der Waals surface area contributed by atoms with Crippen molar-refractivity contribution in [2.24, 2.45) is 11.1 Å². The van der Waals surface area contributed by atoms with Gasteiger partial charge in [0.2, 0.25) is 16.0 Å². The van der Waals surface area contributed by atoms with Gasteiger partial charge < -0.3 is 14.4 Å². The molecule has 9 heteroatoms. The lowest BCUT2D eigenvalue weighted by Gasteiger charge is -2.17. The van der Waals surface area contributed by atoms with Crippen molar-refractivity contribution in [2.45, 2.75) is 63.3 Å². The Hall–Kier alpha value is -2.39. The van der Waals surface area contributed by atoms with E-state index in [1.807, 2.05) is 19.9 Å². The summed E-state index contributed by atoms with van der Waals surface area (Å²) in [5.74, 6) is 2.06. The Kier molecular flexibility index (Phi) is 4.62. The van der Waals surface area contributed by atoms with E-state index in [4.69, 9.17) is 14.6 Å². The summed E-state index contributed by atoms with van der Waals surface area (Å²) in [6.45, 7) is 4.54. The molecule has 0 atom stereocenters. The van der Waals surface area contributed by atoms with Gasteiger partial charge in [0.1, 0.15) is 16.2 Å². The highest BCUT2D eigenvalue weighted by molar-refractivity contribution is 7.89. The number of benzene rings is 1. The first kappa shape index (κ1) is 19.6. The second kappa shape index (κ2) is 7.09. The van der Waals surface area contributed by atoms with Crippen molar-refractivity contribution in [3.63, 3.8) is 0 Å². The summed E-state index contributed by atoms with van der Waals surface area (Å²) in [6.07, 6.45) is 6.91. The number of anilines is 1. The predicted octanol–water partition coefficient (Wildman–Crippen LogP) is 3.89. The number of hydrogen-bond acceptors (Lipinski definition) is 6. The van der Waals surface area contributed by atoms with Crippen LogP contribution in [0.15, 0.2) is 21.6 Å². The van der Waals surface area contributed by atoms with Crippen molar-refractivity contribution in [3.05, 3.63) is 23.6 Å². The molecule has 2 aliphatic carbocycles. The van der Waals surface area contributed by atoms with Crippen LogP contribution in [-0.4, -0.2) is 29.7 Å². The molecule has 30 heavy (non-hydrogen) atoms. The second-order valence-electron chi connectivity index (χ2n) is 8.65. The molecule has 2 aliphatic rings. The number of rotatable bonds is 6. The second-order valence-corrected chi connectivity index (χ2v) is 10.2. The van der Waals surface area contributed by atoms with Gasteiger partial charge in [-0.25, -0.2) is 18.5 Å². The van der Waals surface area contributed by atoms with E-state index in [1.54, 1.807) is 6.07 Å². The van der Waals surface area contributed by atoms with E-state index < -0.39 is 10.0 Å². The van der Waals surface area contributed by atoms with Gasteiger partial charge in [-0.15, -0.1) is 0 Å². The fraction of sp³-hybridized carbons (Fsp3) is 0.524. The molecule has 0 unspecified atom stereocenters. The van der Waals surface area contributed by atoms with Crippen LogP contribution < -0.4 is 10.5 Å². The van der Waals surface area contributed by atoms with Gasteiger partial charge in [-0.2, -0.15) is 0 Å². The van der Waals surface area contributed by atoms with Crippen molar-refractivity contribution < 1.29 is 12.9 Å². The van der Waals surface area contributed by atoms with Crippen LogP contribution in [-0.2, 0) is 10.0 Å². The van der Waals surface area contributed by atoms with Crippen LogP contribution in [0.25, 0.3) is 22.2 Å². The first-order valence-corrected chi connectivity index (χ1v) is 12.1. The normalized spacial score (nSPS) is 17.8. The van der Waals surface area contributed by atoms with Crippen LogP contribution >= 0.6 is 0 Å². The van der Waals surface area contributed by atoms with E-state index in [0.29, 0.717) is 28.9 Å². The van der Waals surface area contributed by atoms with Gasteiger partial charge in [-0.3, -0.25) is 0 Å². The average Bonchev–Trinajstić information content (AvgIpc) is 3.07. The highest BCUT2D eigenvalue weighted by Crippen LogP contribution is 2.40. The standard InChI is InChI=1S/C21H27N5O3S/c1-12-19(13(2)29-25-12)15-9-17-20(18(10-15)30(22,27)28)24-21(23-11-14-7-8-14)26(17)16-5-3-4-6-16/h9-10,14,16H,3-8,11H2,1-2H3,(H,23,24)(H2,22,27,28). The minimum atomic E-state index is -3.97. The van der Waals surface area contributed by atoms with Gasteiger partial charge in [-0.05, 0) is 63.1 Å². The van der Waals surface area contributed by atoms with Gasteiger partial charge in [0.25, 0.3) is 0 Å². The van der Waals surface area contributed by atoms with Crippen LogP contribution in [0, 0.1) is 19.8 Å². The van der Waals surface area contributed by atoms with Crippen molar-refractivity contribution >= 4 is 27.0 Å². The van der Waals surface area contributed by atoms with Crippen LogP contribution in [0.5, 0.6) is 0 Å². The van der Waals surface area contributed by atoms with E-state index in [2.05, 4.69) is 15.0 Å². The predicted molar refractivity (Wildman–Crippen MR) is 115 cm³/mol. The van der Waals surface area contributed by atoms with Crippen molar-refractivity contribution in [3.8, 4) is 11.1 Å². The third-order valence-corrected chi connectivity index (χ3v) is 7.25. The van der Waals surface area contributed by atoms with Crippen LogP contribution in [0.1, 0.15) is 56.0 Å². The molecule has 2 fully saturated rings. The number of nitrogens with zero attached hydrogens (tertiary/aromatic N) is 3. The molecule has 160 valence electrons. The Morgan fingerprint density at radius 3 is 2.53 bits per heavy atom. The zero-order valence-corrected chi connectivity index (χ0v) is 18.1. The van der Waals surface area contributed by atoms with Crippen LogP contribution in [0.3, 0.4) is 0 Å². The number of aryl methyl sites for hydroxylation is 2. The number of hydrogen-bond donors (Lipinski definition) is 2. The Bertz CT molecular complexity index is 1200. The minimum absolute atomic E-state index is 0.0428. The summed E-state index contributed by atoms with van der Waals surface area (Å²) >= 11 is 0. The maximum atomic E-state index is 12.5. The van der Waals surface area contributed by atoms with Crippen LogP contribution in [0.2, 0.25) is 0 Å². The number of imidazole rings is 1. The lowest BCUT2D eigenvalue weighted by atomic mass is 10.0. The molecule has 2 heterocycles. The van der Waals surface area contributed by atoms with E-state index in [-0.39, 0.29) is 4.90 Å². The number of nitrogens with one attached hydrogen (secondary N) is 1. The molecule has 5 rings (SSSR count). The lowest BCUT2D eigenvalue weighted by molar-refractivity contribution is 0.393. The largest absolute Gasteiger partial charge is 0.361 e. The van der Waals surface area contributed by atoms with Gasteiger partial charge in [0.05, 0.1) is 11.2 Å². The smallest absolute Gasteiger partial charge is 0.240 e. The van der Waals surface area contributed by atoms with Gasteiger partial charge in [0, 0.05) is 18.2 Å². The summed E-state index contributed by atoms with van der Waals surface area (Å²) in [6, 6.07) is 3.90. The van der Waals surface area contributed by atoms with Crippen molar-refractivity contribution in [1.29, 1.82) is 0 Å². The number of sulfonamides is 1. The molecule has 1 aromatic carbocycles. The molecule has 2 saturated carbocycles. The lowest BCUT2D eigenvalue weighted by Crippen LogP contribution is -2.13.